The molecule has 1 aliphatic rings. The molecule has 1 heterocycles. The summed E-state index contributed by atoms with van der Waals surface area (Å²) in [5.41, 5.74) is 0.491. The molecule has 0 aromatic rings. The van der Waals surface area contributed by atoms with E-state index in [1.54, 1.807) is 13.0 Å². The predicted molar refractivity (Wildman–Crippen MR) is 43.6 cm³/mol. The maximum Gasteiger partial charge on any atom is 0.314 e. The minimum absolute atomic E-state index is 0.115. The van der Waals surface area contributed by atoms with Crippen molar-refractivity contribution in [2.24, 2.45) is 5.92 Å². The fourth-order valence-electron chi connectivity index (χ4n) is 1.32. The fraction of sp³-hybridized carbons (Fsp3) is 0.444. The third-order valence-corrected chi connectivity index (χ3v) is 1.99. The zero-order chi connectivity index (χ0) is 9.84. The lowest BCUT2D eigenvalue weighted by Gasteiger charge is -2.19. The molecule has 4 nitrogen and oxygen atoms in total. The number of rotatable bonds is 2. The van der Waals surface area contributed by atoms with Gasteiger partial charge in [-0.3, -0.25) is 14.4 Å². The van der Waals surface area contributed by atoms with Gasteiger partial charge >= 0.3 is 11.9 Å². The molecule has 0 spiro atoms. The standard InChI is InChI=1S/C9H10O4/c1-2-6(5-10)7-3-8(11)13-9(12)4-7/h2,5,7H,3-4H2,1H3. The molecule has 0 aromatic heterocycles. The van der Waals surface area contributed by atoms with Crippen molar-refractivity contribution in [2.45, 2.75) is 19.8 Å². The van der Waals surface area contributed by atoms with E-state index in [1.165, 1.54) is 0 Å². The molecule has 0 aromatic carbocycles. The summed E-state index contributed by atoms with van der Waals surface area (Å²) in [5.74, 6) is -1.40. The highest BCUT2D eigenvalue weighted by Gasteiger charge is 2.28. The first-order valence-electron chi connectivity index (χ1n) is 4.02. The van der Waals surface area contributed by atoms with Crippen LogP contribution in [0.4, 0.5) is 0 Å². The third-order valence-electron chi connectivity index (χ3n) is 1.99. The third kappa shape index (κ3) is 2.24. The second-order valence-corrected chi connectivity index (χ2v) is 2.86. The highest BCUT2D eigenvalue weighted by molar-refractivity contribution is 5.90. The van der Waals surface area contributed by atoms with Gasteiger partial charge in [0.1, 0.15) is 6.29 Å². The molecule has 0 atom stereocenters. The molecule has 1 rings (SSSR count). The number of ether oxygens (including phenoxy) is 1. The SMILES string of the molecule is CC=C(C=O)C1CC(=O)OC(=O)C1. The van der Waals surface area contributed by atoms with Crippen molar-refractivity contribution in [1.29, 1.82) is 0 Å². The molecule has 0 radical (unpaired) electrons. The molecule has 0 N–H and O–H groups in total. The number of esters is 2. The van der Waals surface area contributed by atoms with Crippen LogP contribution in [0.2, 0.25) is 0 Å². The molecular formula is C9H10O4. The summed E-state index contributed by atoms with van der Waals surface area (Å²) >= 11 is 0. The number of carbonyl (C=O) groups excluding carboxylic acids is 3. The molecule has 1 fully saturated rings. The van der Waals surface area contributed by atoms with Crippen molar-refractivity contribution < 1.29 is 19.1 Å². The van der Waals surface area contributed by atoms with E-state index in [0.29, 0.717) is 11.9 Å². The molecule has 1 aliphatic heterocycles. The maximum absolute atomic E-state index is 10.8. The van der Waals surface area contributed by atoms with Crippen molar-refractivity contribution in [3.63, 3.8) is 0 Å². The quantitative estimate of drug-likeness (QED) is 0.272. The predicted octanol–water partition coefficient (Wildman–Crippen LogP) is 0.611. The van der Waals surface area contributed by atoms with Gasteiger partial charge in [-0.15, -0.1) is 0 Å². The van der Waals surface area contributed by atoms with Crippen molar-refractivity contribution in [1.82, 2.24) is 0 Å². The van der Waals surface area contributed by atoms with Gasteiger partial charge < -0.3 is 4.74 Å². The van der Waals surface area contributed by atoms with Gasteiger partial charge in [0.05, 0.1) is 12.8 Å². The monoisotopic (exact) mass is 182 g/mol. The number of hydrogen-bond donors (Lipinski definition) is 0. The van der Waals surface area contributed by atoms with Crippen LogP contribution in [0.5, 0.6) is 0 Å². The second-order valence-electron chi connectivity index (χ2n) is 2.86. The Balaban J connectivity index is 2.75. The molecular weight excluding hydrogens is 172 g/mol. The van der Waals surface area contributed by atoms with Gasteiger partial charge in [0.25, 0.3) is 0 Å². The molecule has 4 heteroatoms. The highest BCUT2D eigenvalue weighted by Crippen LogP contribution is 2.23. The van der Waals surface area contributed by atoms with E-state index in [4.69, 9.17) is 0 Å². The lowest BCUT2D eigenvalue weighted by molar-refractivity contribution is -0.164. The minimum atomic E-state index is -0.553. The number of hydrogen-bond acceptors (Lipinski definition) is 4. The Morgan fingerprint density at radius 3 is 2.31 bits per heavy atom. The Morgan fingerprint density at radius 2 is 1.92 bits per heavy atom. The molecule has 0 unspecified atom stereocenters. The average molecular weight is 182 g/mol. The first-order valence-corrected chi connectivity index (χ1v) is 4.02. The zero-order valence-corrected chi connectivity index (χ0v) is 7.28. The number of aldehydes is 1. The fourth-order valence-corrected chi connectivity index (χ4v) is 1.32. The summed E-state index contributed by atoms with van der Waals surface area (Å²) in [6, 6.07) is 0. The normalized spacial score (nSPS) is 19.9. The topological polar surface area (TPSA) is 60.4 Å². The van der Waals surface area contributed by atoms with Crippen LogP contribution in [0.15, 0.2) is 11.6 Å². The smallest absolute Gasteiger partial charge is 0.314 e. The summed E-state index contributed by atoms with van der Waals surface area (Å²) in [7, 11) is 0. The average Bonchev–Trinajstić information content (AvgIpc) is 2.04. The summed E-state index contributed by atoms with van der Waals surface area (Å²) in [6.45, 7) is 1.70. The molecule has 0 aliphatic carbocycles. The summed E-state index contributed by atoms with van der Waals surface area (Å²) in [6.07, 6.45) is 2.52. The van der Waals surface area contributed by atoms with Crippen molar-refractivity contribution in [3.8, 4) is 0 Å². The van der Waals surface area contributed by atoms with Gasteiger partial charge in [-0.25, -0.2) is 0 Å². The summed E-state index contributed by atoms with van der Waals surface area (Å²) < 4.78 is 4.33. The molecule has 0 saturated carbocycles. The highest BCUT2D eigenvalue weighted by atomic mass is 16.6. The zero-order valence-electron chi connectivity index (χ0n) is 7.28. The van der Waals surface area contributed by atoms with Crippen molar-refractivity contribution in [3.05, 3.63) is 11.6 Å². The number of allylic oxidation sites excluding steroid dienone is 2. The minimum Gasteiger partial charge on any atom is -0.393 e. The molecule has 13 heavy (non-hydrogen) atoms. The van der Waals surface area contributed by atoms with E-state index in [1.807, 2.05) is 0 Å². The first kappa shape index (κ1) is 9.64. The van der Waals surface area contributed by atoms with E-state index in [2.05, 4.69) is 4.74 Å². The molecule has 0 amide bonds. The number of cyclic esters (lactones) is 2. The molecule has 0 bridgehead atoms. The largest absolute Gasteiger partial charge is 0.393 e. The van der Waals surface area contributed by atoms with E-state index >= 15 is 0 Å². The van der Waals surface area contributed by atoms with Crippen LogP contribution >= 0.6 is 0 Å². The van der Waals surface area contributed by atoms with E-state index in [0.717, 1.165) is 0 Å². The Labute approximate surface area is 75.6 Å². The van der Waals surface area contributed by atoms with Gasteiger partial charge in [0, 0.05) is 5.92 Å². The van der Waals surface area contributed by atoms with Crippen LogP contribution in [0.1, 0.15) is 19.8 Å². The van der Waals surface area contributed by atoms with Gasteiger partial charge in [-0.1, -0.05) is 6.08 Å². The van der Waals surface area contributed by atoms with Crippen molar-refractivity contribution >= 4 is 18.2 Å². The van der Waals surface area contributed by atoms with Gasteiger partial charge in [-0.2, -0.15) is 0 Å². The van der Waals surface area contributed by atoms with Crippen LogP contribution in [-0.2, 0) is 19.1 Å². The lowest BCUT2D eigenvalue weighted by atomic mass is 9.91. The Morgan fingerprint density at radius 1 is 1.38 bits per heavy atom. The van der Waals surface area contributed by atoms with Crippen LogP contribution in [0.25, 0.3) is 0 Å². The van der Waals surface area contributed by atoms with E-state index in [9.17, 15) is 14.4 Å². The maximum atomic E-state index is 10.8. The van der Waals surface area contributed by atoms with Crippen LogP contribution in [0, 0.1) is 5.92 Å². The summed E-state index contributed by atoms with van der Waals surface area (Å²) in [5, 5.41) is 0. The Bertz CT molecular complexity index is 261. The molecule has 70 valence electrons. The Hall–Kier alpha value is -1.45. The van der Waals surface area contributed by atoms with Crippen LogP contribution in [0.3, 0.4) is 0 Å². The first-order chi connectivity index (χ1) is 6.17. The van der Waals surface area contributed by atoms with Gasteiger partial charge in [-0.05, 0) is 12.5 Å². The van der Waals surface area contributed by atoms with E-state index in [-0.39, 0.29) is 18.8 Å². The van der Waals surface area contributed by atoms with Gasteiger partial charge in [0.15, 0.2) is 0 Å². The van der Waals surface area contributed by atoms with Crippen molar-refractivity contribution in [2.75, 3.05) is 0 Å². The molecule has 1 saturated heterocycles. The Kier molecular flexibility index (Phi) is 2.95. The van der Waals surface area contributed by atoms with Crippen LogP contribution in [-0.4, -0.2) is 18.2 Å². The lowest BCUT2D eigenvalue weighted by Crippen LogP contribution is -2.26. The summed E-state index contributed by atoms with van der Waals surface area (Å²) in [4.78, 5) is 32.2. The number of carbonyl (C=O) groups is 3. The van der Waals surface area contributed by atoms with Gasteiger partial charge in [0.2, 0.25) is 0 Å². The van der Waals surface area contributed by atoms with E-state index < -0.39 is 11.9 Å². The van der Waals surface area contributed by atoms with Crippen LogP contribution < -0.4 is 0 Å². The second kappa shape index (κ2) is 3.98.